The Morgan fingerprint density at radius 2 is 2.32 bits per heavy atom. The van der Waals surface area contributed by atoms with Crippen molar-refractivity contribution in [3.8, 4) is 0 Å². The number of nitrogens with one attached hydrogen (secondary N) is 2. The number of nitrogen functional groups attached to an aromatic ring is 1. The van der Waals surface area contributed by atoms with Crippen molar-refractivity contribution in [2.45, 2.75) is 19.9 Å². The number of hydrazine groups is 1. The first kappa shape index (κ1) is 13.5. The van der Waals surface area contributed by atoms with Gasteiger partial charge in [0.1, 0.15) is 5.82 Å². The maximum absolute atomic E-state index is 5.40. The lowest BCUT2D eigenvalue weighted by Gasteiger charge is -2.29. The van der Waals surface area contributed by atoms with Crippen LogP contribution >= 0.6 is 0 Å². The SMILES string of the molecule is CCN(c1nc(NN)nc2[nH]ncc12)C(C)COC. The number of aromatic nitrogens is 4. The van der Waals surface area contributed by atoms with E-state index in [2.05, 4.69) is 44.3 Å². The zero-order chi connectivity index (χ0) is 13.8. The third kappa shape index (κ3) is 2.59. The van der Waals surface area contributed by atoms with E-state index >= 15 is 0 Å². The number of hydrogen-bond acceptors (Lipinski definition) is 7. The summed E-state index contributed by atoms with van der Waals surface area (Å²) in [5.41, 5.74) is 3.12. The molecule has 0 aromatic carbocycles. The molecule has 1 unspecified atom stereocenters. The van der Waals surface area contributed by atoms with Gasteiger partial charge in [-0.05, 0) is 13.8 Å². The number of hydrogen-bond donors (Lipinski definition) is 3. The van der Waals surface area contributed by atoms with Gasteiger partial charge >= 0.3 is 0 Å². The van der Waals surface area contributed by atoms with E-state index in [1.54, 1.807) is 13.3 Å². The van der Waals surface area contributed by atoms with Gasteiger partial charge in [0.05, 0.1) is 24.2 Å². The fourth-order valence-electron chi connectivity index (χ4n) is 2.10. The maximum Gasteiger partial charge on any atom is 0.241 e. The first-order chi connectivity index (χ1) is 9.21. The fraction of sp³-hybridized carbons (Fsp3) is 0.545. The van der Waals surface area contributed by atoms with Gasteiger partial charge in [0.25, 0.3) is 0 Å². The molecule has 2 aromatic heterocycles. The van der Waals surface area contributed by atoms with Crippen LogP contribution in [0.1, 0.15) is 13.8 Å². The molecule has 8 heteroatoms. The van der Waals surface area contributed by atoms with Crippen molar-refractivity contribution >= 4 is 22.8 Å². The lowest BCUT2D eigenvalue weighted by molar-refractivity contribution is 0.182. The van der Waals surface area contributed by atoms with Crippen molar-refractivity contribution in [1.82, 2.24) is 20.2 Å². The van der Waals surface area contributed by atoms with E-state index in [9.17, 15) is 0 Å². The van der Waals surface area contributed by atoms with Crippen LogP contribution in [0.3, 0.4) is 0 Å². The average molecular weight is 265 g/mol. The normalized spacial score (nSPS) is 12.6. The molecule has 0 saturated carbocycles. The van der Waals surface area contributed by atoms with Crippen LogP contribution in [0.2, 0.25) is 0 Å². The van der Waals surface area contributed by atoms with E-state index in [0.717, 1.165) is 17.7 Å². The number of nitrogens with zero attached hydrogens (tertiary/aromatic N) is 4. The first-order valence-electron chi connectivity index (χ1n) is 6.14. The Morgan fingerprint density at radius 3 is 2.95 bits per heavy atom. The summed E-state index contributed by atoms with van der Waals surface area (Å²) in [4.78, 5) is 10.8. The highest BCUT2D eigenvalue weighted by Crippen LogP contribution is 2.25. The molecule has 2 aromatic rings. The Kier molecular flexibility index (Phi) is 4.13. The van der Waals surface area contributed by atoms with Gasteiger partial charge in [0.2, 0.25) is 5.95 Å². The van der Waals surface area contributed by atoms with E-state index in [4.69, 9.17) is 10.6 Å². The summed E-state index contributed by atoms with van der Waals surface area (Å²) in [6, 6.07) is 0.189. The number of likely N-dealkylation sites (N-methyl/N-ethyl adjacent to an activating group) is 1. The van der Waals surface area contributed by atoms with E-state index in [0.29, 0.717) is 18.2 Å². The predicted molar refractivity (Wildman–Crippen MR) is 73.9 cm³/mol. The summed E-state index contributed by atoms with van der Waals surface area (Å²) < 4.78 is 5.21. The molecule has 0 saturated heterocycles. The molecular formula is C11H19N7O. The van der Waals surface area contributed by atoms with Gasteiger partial charge in [0, 0.05) is 13.7 Å². The number of ether oxygens (including phenoxy) is 1. The number of methoxy groups -OCH3 is 1. The van der Waals surface area contributed by atoms with Crippen LogP contribution in [-0.2, 0) is 4.74 Å². The average Bonchev–Trinajstić information content (AvgIpc) is 2.87. The van der Waals surface area contributed by atoms with Crippen LogP contribution in [0.15, 0.2) is 6.20 Å². The number of fused-ring (bicyclic) bond motifs is 1. The third-order valence-electron chi connectivity index (χ3n) is 2.97. The summed E-state index contributed by atoms with van der Waals surface area (Å²) in [6.45, 7) is 5.56. The van der Waals surface area contributed by atoms with Crippen LogP contribution in [0.4, 0.5) is 11.8 Å². The number of anilines is 2. The molecule has 4 N–H and O–H groups in total. The van der Waals surface area contributed by atoms with Crippen molar-refractivity contribution in [2.75, 3.05) is 30.6 Å². The lowest BCUT2D eigenvalue weighted by Crippen LogP contribution is -2.37. The highest BCUT2D eigenvalue weighted by atomic mass is 16.5. The summed E-state index contributed by atoms with van der Waals surface area (Å²) in [5.74, 6) is 6.55. The van der Waals surface area contributed by atoms with Crippen molar-refractivity contribution in [2.24, 2.45) is 5.84 Å². The number of aromatic amines is 1. The fourth-order valence-corrected chi connectivity index (χ4v) is 2.10. The van der Waals surface area contributed by atoms with Crippen LogP contribution in [-0.4, -0.2) is 46.5 Å². The van der Waals surface area contributed by atoms with Gasteiger partial charge in [-0.25, -0.2) is 5.84 Å². The smallest absolute Gasteiger partial charge is 0.241 e. The predicted octanol–water partition coefficient (Wildman–Crippen LogP) is 0.500. The Balaban J connectivity index is 2.48. The second-order valence-corrected chi connectivity index (χ2v) is 4.24. The van der Waals surface area contributed by atoms with Gasteiger partial charge in [-0.2, -0.15) is 15.1 Å². The van der Waals surface area contributed by atoms with Gasteiger partial charge in [-0.1, -0.05) is 0 Å². The zero-order valence-corrected chi connectivity index (χ0v) is 11.3. The van der Waals surface area contributed by atoms with Crippen molar-refractivity contribution < 1.29 is 4.74 Å². The standard InChI is InChI=1S/C11H19N7O/c1-4-18(7(2)6-19-3)10-8-5-13-17-9(8)14-11(15-10)16-12/h5,7H,4,6,12H2,1-3H3,(H2,13,14,15,16,17). The molecule has 2 heterocycles. The van der Waals surface area contributed by atoms with Gasteiger partial charge in [0.15, 0.2) is 5.65 Å². The number of rotatable bonds is 6. The molecule has 0 aliphatic rings. The van der Waals surface area contributed by atoms with Crippen molar-refractivity contribution in [3.63, 3.8) is 0 Å². The molecule has 0 radical (unpaired) electrons. The summed E-state index contributed by atoms with van der Waals surface area (Å²) >= 11 is 0. The molecule has 8 nitrogen and oxygen atoms in total. The highest BCUT2D eigenvalue weighted by molar-refractivity contribution is 5.87. The molecule has 0 aliphatic carbocycles. The molecule has 104 valence electrons. The minimum absolute atomic E-state index is 0.189. The van der Waals surface area contributed by atoms with Crippen molar-refractivity contribution in [1.29, 1.82) is 0 Å². The largest absolute Gasteiger partial charge is 0.383 e. The second-order valence-electron chi connectivity index (χ2n) is 4.24. The quantitative estimate of drug-likeness (QED) is 0.516. The van der Waals surface area contributed by atoms with Crippen LogP contribution < -0.4 is 16.2 Å². The number of H-pyrrole nitrogens is 1. The first-order valence-corrected chi connectivity index (χ1v) is 6.14. The summed E-state index contributed by atoms with van der Waals surface area (Å²) in [7, 11) is 1.69. The Bertz CT molecular complexity index is 541. The van der Waals surface area contributed by atoms with E-state index in [-0.39, 0.29) is 6.04 Å². The zero-order valence-electron chi connectivity index (χ0n) is 11.3. The topological polar surface area (TPSA) is 105 Å². The molecule has 1 atom stereocenters. The Morgan fingerprint density at radius 1 is 1.53 bits per heavy atom. The lowest BCUT2D eigenvalue weighted by atomic mass is 10.2. The maximum atomic E-state index is 5.40. The van der Waals surface area contributed by atoms with Gasteiger partial charge < -0.3 is 9.64 Å². The highest BCUT2D eigenvalue weighted by Gasteiger charge is 2.19. The molecule has 2 rings (SSSR count). The third-order valence-corrected chi connectivity index (χ3v) is 2.97. The molecule has 0 bridgehead atoms. The Labute approximate surface area is 111 Å². The molecule has 0 fully saturated rings. The van der Waals surface area contributed by atoms with E-state index in [1.807, 2.05) is 0 Å². The van der Waals surface area contributed by atoms with Gasteiger partial charge in [-0.15, -0.1) is 0 Å². The summed E-state index contributed by atoms with van der Waals surface area (Å²) in [6.07, 6.45) is 1.72. The van der Waals surface area contributed by atoms with Crippen molar-refractivity contribution in [3.05, 3.63) is 6.20 Å². The molecular weight excluding hydrogens is 246 g/mol. The molecule has 19 heavy (non-hydrogen) atoms. The Hall–Kier alpha value is -1.93. The second kappa shape index (κ2) is 5.81. The van der Waals surface area contributed by atoms with E-state index < -0.39 is 0 Å². The van der Waals surface area contributed by atoms with E-state index in [1.165, 1.54) is 0 Å². The molecule has 0 spiro atoms. The minimum Gasteiger partial charge on any atom is -0.383 e. The molecule has 0 amide bonds. The van der Waals surface area contributed by atoms with Crippen LogP contribution in [0, 0.1) is 0 Å². The summed E-state index contributed by atoms with van der Waals surface area (Å²) in [5, 5.41) is 7.70. The van der Waals surface area contributed by atoms with Gasteiger partial charge in [-0.3, -0.25) is 10.5 Å². The van der Waals surface area contributed by atoms with Crippen LogP contribution in [0.5, 0.6) is 0 Å². The van der Waals surface area contributed by atoms with Crippen LogP contribution in [0.25, 0.3) is 11.0 Å². The monoisotopic (exact) mass is 265 g/mol. The molecule has 0 aliphatic heterocycles. The number of nitrogens with two attached hydrogens (primary N) is 1. The minimum atomic E-state index is 0.189.